The average molecular weight is 483 g/mol. The fourth-order valence-electron chi connectivity index (χ4n) is 2.93. The van der Waals surface area contributed by atoms with Crippen LogP contribution in [-0.4, -0.2) is 27.6 Å². The standard InChI is InChI=1S/C23H19FN4OS3/c1-15(16-9-11-19(24)12-10-16)25-26-21(29)14-31-23-28-27-22(32-23)30-13-18-7-4-6-17-5-2-3-8-20(17)18/h2-12H,13-14H2,1H3,(H,26,29)/b25-15-. The minimum absolute atomic E-state index is 0.183. The van der Waals surface area contributed by atoms with E-state index in [1.54, 1.807) is 30.8 Å². The molecule has 0 radical (unpaired) electrons. The summed E-state index contributed by atoms with van der Waals surface area (Å²) in [6.07, 6.45) is 0. The maximum atomic E-state index is 13.0. The molecule has 0 bridgehead atoms. The van der Waals surface area contributed by atoms with E-state index in [9.17, 15) is 9.18 Å². The third-order valence-corrected chi connectivity index (χ3v) is 7.79. The highest BCUT2D eigenvalue weighted by atomic mass is 32.2. The van der Waals surface area contributed by atoms with Crippen molar-refractivity contribution in [3.63, 3.8) is 0 Å². The van der Waals surface area contributed by atoms with Crippen molar-refractivity contribution in [2.75, 3.05) is 5.75 Å². The highest BCUT2D eigenvalue weighted by Gasteiger charge is 2.10. The van der Waals surface area contributed by atoms with Crippen LogP contribution in [0.2, 0.25) is 0 Å². The summed E-state index contributed by atoms with van der Waals surface area (Å²) in [6, 6.07) is 20.6. The monoisotopic (exact) mass is 482 g/mol. The molecule has 0 unspecified atom stereocenters. The lowest BCUT2D eigenvalue weighted by atomic mass is 10.1. The lowest BCUT2D eigenvalue weighted by molar-refractivity contribution is -0.118. The predicted octanol–water partition coefficient (Wildman–Crippen LogP) is 5.76. The summed E-state index contributed by atoms with van der Waals surface area (Å²) in [6.45, 7) is 1.75. The van der Waals surface area contributed by atoms with Crippen molar-refractivity contribution in [2.24, 2.45) is 5.10 Å². The Morgan fingerprint density at radius 3 is 2.53 bits per heavy atom. The third kappa shape index (κ3) is 5.93. The summed E-state index contributed by atoms with van der Waals surface area (Å²) in [5, 5.41) is 14.9. The zero-order chi connectivity index (χ0) is 22.3. The van der Waals surface area contributed by atoms with Gasteiger partial charge in [-0.1, -0.05) is 89.5 Å². The van der Waals surface area contributed by atoms with Gasteiger partial charge in [0.15, 0.2) is 8.68 Å². The van der Waals surface area contributed by atoms with E-state index in [1.807, 2.05) is 12.1 Å². The zero-order valence-corrected chi connectivity index (χ0v) is 19.6. The van der Waals surface area contributed by atoms with Crippen LogP contribution < -0.4 is 5.43 Å². The van der Waals surface area contributed by atoms with Crippen molar-refractivity contribution >= 4 is 57.3 Å². The Labute approximate surface area is 197 Å². The van der Waals surface area contributed by atoms with Crippen molar-refractivity contribution in [3.8, 4) is 0 Å². The summed E-state index contributed by atoms with van der Waals surface area (Å²) in [5.41, 5.74) is 5.13. The Hall–Kier alpha value is -2.75. The minimum atomic E-state index is -0.311. The number of thioether (sulfide) groups is 2. The number of nitrogens with one attached hydrogen (secondary N) is 1. The number of fused-ring (bicyclic) bond motifs is 1. The molecule has 5 nitrogen and oxygen atoms in total. The highest BCUT2D eigenvalue weighted by molar-refractivity contribution is 8.03. The Kier molecular flexibility index (Phi) is 7.51. The Morgan fingerprint density at radius 2 is 1.72 bits per heavy atom. The maximum Gasteiger partial charge on any atom is 0.250 e. The topological polar surface area (TPSA) is 67.2 Å². The van der Waals surface area contributed by atoms with Crippen LogP contribution in [0.4, 0.5) is 4.39 Å². The molecule has 0 aliphatic heterocycles. The summed E-state index contributed by atoms with van der Waals surface area (Å²) >= 11 is 4.44. The van der Waals surface area contributed by atoms with E-state index < -0.39 is 0 Å². The molecule has 4 rings (SSSR count). The molecule has 1 aromatic heterocycles. The summed E-state index contributed by atoms with van der Waals surface area (Å²) in [4.78, 5) is 12.1. The van der Waals surface area contributed by atoms with Crippen LogP contribution in [-0.2, 0) is 10.5 Å². The number of nitrogens with zero attached hydrogens (tertiary/aromatic N) is 3. The SMILES string of the molecule is C/C(=N/NC(=O)CSc1nnc(SCc2cccc3ccccc23)s1)c1ccc(F)cc1. The predicted molar refractivity (Wildman–Crippen MR) is 131 cm³/mol. The molecule has 1 amide bonds. The maximum absolute atomic E-state index is 13.0. The Bertz CT molecular complexity index is 1250. The number of aromatic nitrogens is 2. The number of amides is 1. The normalized spacial score (nSPS) is 11.6. The lowest BCUT2D eigenvalue weighted by Crippen LogP contribution is -2.21. The molecule has 0 spiro atoms. The molecule has 9 heteroatoms. The fourth-order valence-corrected chi connectivity index (χ4v) is 5.75. The number of carbonyl (C=O) groups is 1. The van der Waals surface area contributed by atoms with Gasteiger partial charge in [0.2, 0.25) is 0 Å². The van der Waals surface area contributed by atoms with Crippen LogP contribution in [0.15, 0.2) is 80.5 Å². The average Bonchev–Trinajstić information content (AvgIpc) is 3.28. The molecule has 1 heterocycles. The van der Waals surface area contributed by atoms with E-state index in [-0.39, 0.29) is 17.5 Å². The van der Waals surface area contributed by atoms with Gasteiger partial charge < -0.3 is 0 Å². The largest absolute Gasteiger partial charge is 0.272 e. The smallest absolute Gasteiger partial charge is 0.250 e. The van der Waals surface area contributed by atoms with E-state index in [1.165, 1.54) is 51.6 Å². The minimum Gasteiger partial charge on any atom is -0.272 e. The van der Waals surface area contributed by atoms with E-state index in [2.05, 4.69) is 51.1 Å². The van der Waals surface area contributed by atoms with Crippen LogP contribution in [0.25, 0.3) is 10.8 Å². The molecule has 0 atom stereocenters. The van der Waals surface area contributed by atoms with E-state index in [0.717, 1.165) is 20.0 Å². The number of rotatable bonds is 8. The van der Waals surface area contributed by atoms with Gasteiger partial charge in [0, 0.05) is 5.75 Å². The van der Waals surface area contributed by atoms with Crippen LogP contribution >= 0.6 is 34.9 Å². The van der Waals surface area contributed by atoms with Crippen LogP contribution in [0.3, 0.4) is 0 Å². The van der Waals surface area contributed by atoms with Gasteiger partial charge >= 0.3 is 0 Å². The summed E-state index contributed by atoms with van der Waals surface area (Å²) in [5.74, 6) is 0.437. The second-order valence-corrected chi connectivity index (χ2v) is 10.2. The van der Waals surface area contributed by atoms with Crippen molar-refractivity contribution in [3.05, 3.63) is 83.7 Å². The molecular weight excluding hydrogens is 463 g/mol. The molecular formula is C23H19FN4OS3. The summed E-state index contributed by atoms with van der Waals surface area (Å²) in [7, 11) is 0. The Morgan fingerprint density at radius 1 is 1.00 bits per heavy atom. The van der Waals surface area contributed by atoms with Gasteiger partial charge in [-0.15, -0.1) is 10.2 Å². The van der Waals surface area contributed by atoms with Gasteiger partial charge in [-0.05, 0) is 41.0 Å². The molecule has 0 saturated carbocycles. The van der Waals surface area contributed by atoms with Crippen LogP contribution in [0, 0.1) is 5.82 Å². The second-order valence-electron chi connectivity index (χ2n) is 6.79. The van der Waals surface area contributed by atoms with Crippen molar-refractivity contribution in [1.82, 2.24) is 15.6 Å². The molecule has 3 aromatic carbocycles. The van der Waals surface area contributed by atoms with Gasteiger partial charge in [-0.2, -0.15) is 5.10 Å². The van der Waals surface area contributed by atoms with Gasteiger partial charge in [0.25, 0.3) is 5.91 Å². The van der Waals surface area contributed by atoms with E-state index in [0.29, 0.717) is 5.71 Å². The quantitative estimate of drug-likeness (QED) is 0.197. The van der Waals surface area contributed by atoms with E-state index >= 15 is 0 Å². The zero-order valence-electron chi connectivity index (χ0n) is 17.1. The first kappa shape index (κ1) is 22.4. The van der Waals surface area contributed by atoms with Gasteiger partial charge in [0.1, 0.15) is 5.82 Å². The lowest BCUT2D eigenvalue weighted by Gasteiger charge is -2.04. The number of hydrogen-bond acceptors (Lipinski definition) is 7. The number of hydrazone groups is 1. The van der Waals surface area contributed by atoms with Gasteiger partial charge in [0.05, 0.1) is 11.5 Å². The number of hydrogen-bond donors (Lipinski definition) is 1. The molecule has 32 heavy (non-hydrogen) atoms. The fraction of sp³-hybridized carbons (Fsp3) is 0.130. The molecule has 0 aliphatic rings. The molecule has 162 valence electrons. The molecule has 0 aliphatic carbocycles. The van der Waals surface area contributed by atoms with Crippen LogP contribution in [0.1, 0.15) is 18.1 Å². The molecule has 0 saturated heterocycles. The molecule has 4 aromatic rings. The first-order chi connectivity index (χ1) is 15.6. The van der Waals surface area contributed by atoms with Crippen molar-refractivity contribution in [1.29, 1.82) is 0 Å². The van der Waals surface area contributed by atoms with E-state index in [4.69, 9.17) is 0 Å². The third-order valence-electron chi connectivity index (χ3n) is 4.56. The number of carbonyl (C=O) groups excluding carboxylic acids is 1. The van der Waals surface area contributed by atoms with Gasteiger partial charge in [-0.25, -0.2) is 9.82 Å². The van der Waals surface area contributed by atoms with Crippen molar-refractivity contribution < 1.29 is 9.18 Å². The highest BCUT2D eigenvalue weighted by Crippen LogP contribution is 2.32. The van der Waals surface area contributed by atoms with Crippen LogP contribution in [0.5, 0.6) is 0 Å². The Balaban J connectivity index is 1.27. The second kappa shape index (κ2) is 10.7. The molecule has 1 N–H and O–H groups in total. The number of halogens is 1. The number of benzene rings is 3. The van der Waals surface area contributed by atoms with Crippen molar-refractivity contribution in [2.45, 2.75) is 21.4 Å². The molecule has 0 fully saturated rings. The first-order valence-corrected chi connectivity index (χ1v) is 12.5. The summed E-state index contributed by atoms with van der Waals surface area (Å²) < 4.78 is 14.6. The first-order valence-electron chi connectivity index (χ1n) is 9.73. The van der Waals surface area contributed by atoms with Gasteiger partial charge in [-0.3, -0.25) is 4.79 Å².